The van der Waals surface area contributed by atoms with Gasteiger partial charge in [-0.1, -0.05) is 44.5 Å². The quantitative estimate of drug-likeness (QED) is 0.846. The summed E-state index contributed by atoms with van der Waals surface area (Å²) < 4.78 is 0. The first-order valence-electron chi connectivity index (χ1n) is 7.44. The third-order valence-corrected chi connectivity index (χ3v) is 5.27. The van der Waals surface area contributed by atoms with Crippen LogP contribution in [0.5, 0.6) is 0 Å². The summed E-state index contributed by atoms with van der Waals surface area (Å²) in [6.07, 6.45) is 4.19. The second kappa shape index (κ2) is 4.49. The zero-order valence-corrected chi connectivity index (χ0v) is 13.1. The fourth-order valence-electron chi connectivity index (χ4n) is 4.82. The van der Waals surface area contributed by atoms with Crippen molar-refractivity contribution in [2.75, 3.05) is 6.54 Å². The standard InChI is InChI=1S/C17H24ClN/c1-16(2)8-15-9-17(3,11-16)12-19(15)10-13-4-6-14(18)7-5-13/h4-7,15H,8-12H2,1-3H3/p+1/t15-,17-/m1/s1. The molecular weight excluding hydrogens is 254 g/mol. The Kier molecular flexibility index (Phi) is 3.18. The molecule has 1 N–H and O–H groups in total. The molecule has 2 fully saturated rings. The number of halogens is 1. The summed E-state index contributed by atoms with van der Waals surface area (Å²) in [5, 5.41) is 0.840. The SMILES string of the molecule is CC1(C)C[C@@H]2C[C@@](C)(C[NH+]2Cc2ccc(Cl)cc2)C1. The van der Waals surface area contributed by atoms with Crippen LogP contribution < -0.4 is 4.90 Å². The van der Waals surface area contributed by atoms with Crippen molar-refractivity contribution in [2.45, 2.75) is 52.6 Å². The molecule has 1 aliphatic heterocycles. The molecule has 104 valence electrons. The van der Waals surface area contributed by atoms with Crippen LogP contribution in [0, 0.1) is 10.8 Å². The Bertz CT molecular complexity index is 465. The Balaban J connectivity index is 1.75. The Hall–Kier alpha value is -0.530. The van der Waals surface area contributed by atoms with E-state index >= 15 is 0 Å². The smallest absolute Gasteiger partial charge is 0.103 e. The van der Waals surface area contributed by atoms with Crippen molar-refractivity contribution in [1.29, 1.82) is 0 Å². The Labute approximate surface area is 121 Å². The molecule has 0 amide bonds. The number of nitrogens with one attached hydrogen (secondary N) is 1. The van der Waals surface area contributed by atoms with E-state index in [0.29, 0.717) is 10.8 Å². The van der Waals surface area contributed by atoms with Crippen LogP contribution in [0.4, 0.5) is 0 Å². The minimum absolute atomic E-state index is 0.527. The first kappa shape index (κ1) is 13.5. The van der Waals surface area contributed by atoms with Crippen molar-refractivity contribution >= 4 is 11.6 Å². The summed E-state index contributed by atoms with van der Waals surface area (Å²) >= 11 is 5.97. The number of quaternary nitrogens is 1. The number of fused-ring (bicyclic) bond motifs is 2. The third-order valence-electron chi connectivity index (χ3n) is 5.02. The second-order valence-corrected chi connectivity index (χ2v) is 8.33. The van der Waals surface area contributed by atoms with Gasteiger partial charge in [0.2, 0.25) is 0 Å². The molecule has 1 nitrogen and oxygen atoms in total. The van der Waals surface area contributed by atoms with Gasteiger partial charge in [-0.15, -0.1) is 0 Å². The van der Waals surface area contributed by atoms with Gasteiger partial charge in [0.1, 0.15) is 6.54 Å². The van der Waals surface area contributed by atoms with Gasteiger partial charge in [0.25, 0.3) is 0 Å². The van der Waals surface area contributed by atoms with E-state index in [0.717, 1.165) is 17.6 Å². The summed E-state index contributed by atoms with van der Waals surface area (Å²) in [4.78, 5) is 1.79. The van der Waals surface area contributed by atoms with Crippen molar-refractivity contribution in [2.24, 2.45) is 10.8 Å². The average molecular weight is 279 g/mol. The topological polar surface area (TPSA) is 4.44 Å². The van der Waals surface area contributed by atoms with Crippen LogP contribution >= 0.6 is 11.6 Å². The summed E-state index contributed by atoms with van der Waals surface area (Å²) in [5.41, 5.74) is 2.52. The molecule has 1 saturated carbocycles. The number of likely N-dealkylation sites (tertiary alicyclic amines) is 1. The summed E-state index contributed by atoms with van der Waals surface area (Å²) in [6.45, 7) is 9.89. The van der Waals surface area contributed by atoms with E-state index in [1.807, 2.05) is 12.1 Å². The molecule has 1 heterocycles. The molecule has 1 saturated heterocycles. The zero-order valence-electron chi connectivity index (χ0n) is 12.3. The average Bonchev–Trinajstić information content (AvgIpc) is 2.51. The van der Waals surface area contributed by atoms with Gasteiger partial charge in [0.15, 0.2) is 0 Å². The molecular formula is C17H25ClN+. The molecule has 0 radical (unpaired) electrons. The first-order chi connectivity index (χ1) is 8.85. The number of hydrogen-bond acceptors (Lipinski definition) is 0. The predicted octanol–water partition coefficient (Wildman–Crippen LogP) is 3.32. The van der Waals surface area contributed by atoms with E-state index in [2.05, 4.69) is 32.9 Å². The van der Waals surface area contributed by atoms with Crippen LogP contribution in [-0.4, -0.2) is 12.6 Å². The molecule has 19 heavy (non-hydrogen) atoms. The van der Waals surface area contributed by atoms with Crippen molar-refractivity contribution < 1.29 is 4.90 Å². The van der Waals surface area contributed by atoms with Crippen molar-refractivity contribution in [3.05, 3.63) is 34.9 Å². The lowest BCUT2D eigenvalue weighted by atomic mass is 9.65. The molecule has 2 aliphatic rings. The predicted molar refractivity (Wildman–Crippen MR) is 80.5 cm³/mol. The highest BCUT2D eigenvalue weighted by atomic mass is 35.5. The summed E-state index contributed by atoms with van der Waals surface area (Å²) in [7, 11) is 0. The van der Waals surface area contributed by atoms with E-state index in [1.54, 1.807) is 4.90 Å². The molecule has 1 aromatic carbocycles. The molecule has 3 atom stereocenters. The van der Waals surface area contributed by atoms with Gasteiger partial charge < -0.3 is 4.90 Å². The largest absolute Gasteiger partial charge is 0.328 e. The minimum Gasteiger partial charge on any atom is -0.328 e. The monoisotopic (exact) mass is 278 g/mol. The van der Waals surface area contributed by atoms with Crippen LogP contribution in [-0.2, 0) is 6.54 Å². The highest BCUT2D eigenvalue weighted by Gasteiger charge is 2.52. The van der Waals surface area contributed by atoms with Gasteiger partial charge in [-0.25, -0.2) is 0 Å². The van der Waals surface area contributed by atoms with Crippen LogP contribution in [0.25, 0.3) is 0 Å². The molecule has 0 aromatic heterocycles. The molecule has 0 spiro atoms. The van der Waals surface area contributed by atoms with Crippen molar-refractivity contribution in [3.63, 3.8) is 0 Å². The number of rotatable bonds is 2. The lowest BCUT2D eigenvalue weighted by Crippen LogP contribution is -3.12. The van der Waals surface area contributed by atoms with Gasteiger partial charge >= 0.3 is 0 Å². The minimum atomic E-state index is 0.527. The van der Waals surface area contributed by atoms with E-state index in [9.17, 15) is 0 Å². The van der Waals surface area contributed by atoms with E-state index in [4.69, 9.17) is 11.6 Å². The van der Waals surface area contributed by atoms with E-state index in [1.165, 1.54) is 31.4 Å². The normalized spacial score (nSPS) is 36.4. The van der Waals surface area contributed by atoms with Gasteiger partial charge in [-0.05, 0) is 24.0 Å². The lowest BCUT2D eigenvalue weighted by molar-refractivity contribution is -0.928. The number of hydrogen-bond donors (Lipinski definition) is 1. The van der Waals surface area contributed by atoms with Crippen molar-refractivity contribution in [1.82, 2.24) is 0 Å². The third kappa shape index (κ3) is 2.83. The van der Waals surface area contributed by atoms with Gasteiger partial charge in [0.05, 0.1) is 12.6 Å². The Morgan fingerprint density at radius 3 is 2.53 bits per heavy atom. The highest BCUT2D eigenvalue weighted by molar-refractivity contribution is 6.30. The lowest BCUT2D eigenvalue weighted by Gasteiger charge is -2.37. The van der Waals surface area contributed by atoms with E-state index in [-0.39, 0.29) is 0 Å². The second-order valence-electron chi connectivity index (χ2n) is 7.90. The van der Waals surface area contributed by atoms with Crippen molar-refractivity contribution in [3.8, 4) is 0 Å². The maximum atomic E-state index is 5.97. The van der Waals surface area contributed by atoms with Crippen LogP contribution in [0.15, 0.2) is 24.3 Å². The molecule has 1 unspecified atom stereocenters. The molecule has 2 bridgehead atoms. The summed E-state index contributed by atoms with van der Waals surface area (Å²) in [6, 6.07) is 9.26. The van der Waals surface area contributed by atoms with Crippen LogP contribution in [0.2, 0.25) is 5.02 Å². The fraction of sp³-hybridized carbons (Fsp3) is 0.647. The fourth-order valence-corrected chi connectivity index (χ4v) is 4.95. The molecule has 1 aliphatic carbocycles. The van der Waals surface area contributed by atoms with Crippen LogP contribution in [0.3, 0.4) is 0 Å². The van der Waals surface area contributed by atoms with E-state index < -0.39 is 0 Å². The molecule has 1 aromatic rings. The number of benzene rings is 1. The molecule has 3 rings (SSSR count). The van der Waals surface area contributed by atoms with Gasteiger partial charge in [0, 0.05) is 28.8 Å². The van der Waals surface area contributed by atoms with Gasteiger partial charge in [-0.2, -0.15) is 0 Å². The first-order valence-corrected chi connectivity index (χ1v) is 7.82. The van der Waals surface area contributed by atoms with Crippen LogP contribution in [0.1, 0.15) is 45.6 Å². The Morgan fingerprint density at radius 2 is 1.84 bits per heavy atom. The maximum Gasteiger partial charge on any atom is 0.103 e. The van der Waals surface area contributed by atoms with Gasteiger partial charge in [-0.3, -0.25) is 0 Å². The zero-order chi connectivity index (χ0) is 13.7. The summed E-state index contributed by atoms with van der Waals surface area (Å²) in [5.74, 6) is 0. The molecule has 2 heteroatoms. The maximum absolute atomic E-state index is 5.97. The highest BCUT2D eigenvalue weighted by Crippen LogP contribution is 2.47. The Morgan fingerprint density at radius 1 is 1.16 bits per heavy atom.